The summed E-state index contributed by atoms with van der Waals surface area (Å²) in [5.41, 5.74) is 3.11. The number of nitrogens with zero attached hydrogens (tertiary/aromatic N) is 1. The van der Waals surface area contributed by atoms with Gasteiger partial charge in [0.15, 0.2) is 8.32 Å². The van der Waals surface area contributed by atoms with E-state index in [9.17, 15) is 0 Å². The molecule has 1 aliphatic rings. The molecule has 122 valence electrons. The van der Waals surface area contributed by atoms with Crippen molar-refractivity contribution in [2.75, 3.05) is 19.8 Å². The van der Waals surface area contributed by atoms with E-state index in [4.69, 9.17) is 4.43 Å². The molecular formula is C20H27NOSi. The summed E-state index contributed by atoms with van der Waals surface area (Å²) in [6.45, 7) is 7.87. The molecular weight excluding hydrogens is 298 g/mol. The summed E-state index contributed by atoms with van der Waals surface area (Å²) in [4.78, 5) is 2.45. The molecule has 2 aromatic rings. The monoisotopic (exact) mass is 325 g/mol. The molecule has 1 aliphatic heterocycles. The molecule has 0 amide bonds. The lowest BCUT2D eigenvalue weighted by molar-refractivity contribution is 0.142. The van der Waals surface area contributed by atoms with E-state index in [1.165, 1.54) is 37.1 Å². The minimum Gasteiger partial charge on any atom is -0.404 e. The lowest BCUT2D eigenvalue weighted by Gasteiger charge is -2.34. The average molecular weight is 326 g/mol. The molecule has 0 unspecified atom stereocenters. The van der Waals surface area contributed by atoms with Crippen molar-refractivity contribution in [3.8, 4) is 0 Å². The van der Waals surface area contributed by atoms with Crippen LogP contribution in [0.5, 0.6) is 0 Å². The Kier molecular flexibility index (Phi) is 5.31. The van der Waals surface area contributed by atoms with Crippen LogP contribution in [0, 0.1) is 0 Å². The number of rotatable bonds is 6. The van der Waals surface area contributed by atoms with Crippen molar-refractivity contribution in [2.45, 2.75) is 31.5 Å². The van der Waals surface area contributed by atoms with E-state index in [2.05, 4.69) is 78.7 Å². The maximum Gasteiger partial charge on any atom is 0.200 e. The van der Waals surface area contributed by atoms with Crippen LogP contribution in [0.2, 0.25) is 13.1 Å². The molecule has 23 heavy (non-hydrogen) atoms. The van der Waals surface area contributed by atoms with Gasteiger partial charge in [-0.2, -0.15) is 0 Å². The number of hydrogen-bond donors (Lipinski definition) is 0. The first-order valence-electron chi connectivity index (χ1n) is 8.63. The first-order chi connectivity index (χ1) is 11.2. The third kappa shape index (κ3) is 4.11. The fourth-order valence-electron chi connectivity index (χ4n) is 3.54. The number of hydrogen-bond acceptors (Lipinski definition) is 2. The summed E-state index contributed by atoms with van der Waals surface area (Å²) in [6, 6.07) is 21.7. The SMILES string of the molecule is C[Si](C)(OCN1CCCC1)C(c1ccccc1)c1ccccc1. The Labute approximate surface area is 141 Å². The van der Waals surface area contributed by atoms with Gasteiger partial charge in [0.05, 0.1) is 6.73 Å². The zero-order valence-corrected chi connectivity index (χ0v) is 15.2. The minimum atomic E-state index is -1.92. The summed E-state index contributed by atoms with van der Waals surface area (Å²) in [7, 11) is -1.92. The van der Waals surface area contributed by atoms with E-state index < -0.39 is 8.32 Å². The maximum absolute atomic E-state index is 6.55. The van der Waals surface area contributed by atoms with E-state index in [-0.39, 0.29) is 0 Å². The van der Waals surface area contributed by atoms with Crippen molar-refractivity contribution < 1.29 is 4.43 Å². The van der Waals surface area contributed by atoms with Crippen LogP contribution in [0.4, 0.5) is 0 Å². The fraction of sp³-hybridized carbons (Fsp3) is 0.400. The second-order valence-corrected chi connectivity index (χ2v) is 11.0. The molecule has 1 fully saturated rings. The number of likely N-dealkylation sites (tertiary alicyclic amines) is 1. The third-order valence-electron chi connectivity index (χ3n) is 4.78. The van der Waals surface area contributed by atoms with Gasteiger partial charge in [-0.25, -0.2) is 0 Å². The highest BCUT2D eigenvalue weighted by atomic mass is 28.4. The molecule has 0 spiro atoms. The largest absolute Gasteiger partial charge is 0.404 e. The molecule has 2 nitrogen and oxygen atoms in total. The van der Waals surface area contributed by atoms with Gasteiger partial charge in [0, 0.05) is 18.6 Å². The summed E-state index contributed by atoms with van der Waals surface area (Å²) in [5.74, 6) is 0. The smallest absolute Gasteiger partial charge is 0.200 e. The van der Waals surface area contributed by atoms with Gasteiger partial charge in [0.25, 0.3) is 0 Å². The topological polar surface area (TPSA) is 12.5 Å². The normalized spacial score (nSPS) is 16.1. The molecule has 0 aromatic heterocycles. The lowest BCUT2D eigenvalue weighted by atomic mass is 10.0. The number of benzene rings is 2. The first-order valence-corrected chi connectivity index (χ1v) is 11.6. The predicted molar refractivity (Wildman–Crippen MR) is 99.0 cm³/mol. The minimum absolute atomic E-state index is 0.368. The van der Waals surface area contributed by atoms with Crippen LogP contribution >= 0.6 is 0 Å². The summed E-state index contributed by atoms with van der Waals surface area (Å²) < 4.78 is 6.55. The Hall–Kier alpha value is -1.42. The maximum atomic E-state index is 6.55. The van der Waals surface area contributed by atoms with Gasteiger partial charge >= 0.3 is 0 Å². The van der Waals surface area contributed by atoms with Crippen LogP contribution in [0.3, 0.4) is 0 Å². The van der Waals surface area contributed by atoms with Gasteiger partial charge in [-0.1, -0.05) is 60.7 Å². The van der Waals surface area contributed by atoms with Crippen LogP contribution < -0.4 is 0 Å². The lowest BCUT2D eigenvalue weighted by Crippen LogP contribution is -2.42. The Balaban J connectivity index is 1.84. The molecule has 2 aromatic carbocycles. The second kappa shape index (κ2) is 7.43. The Bertz CT molecular complexity index is 554. The van der Waals surface area contributed by atoms with Gasteiger partial charge in [-0.3, -0.25) is 4.90 Å². The zero-order chi connectivity index (χ0) is 16.1. The van der Waals surface area contributed by atoms with Gasteiger partial charge < -0.3 is 4.43 Å². The van der Waals surface area contributed by atoms with Crippen molar-refractivity contribution >= 4 is 8.32 Å². The quantitative estimate of drug-likeness (QED) is 0.718. The molecule has 3 rings (SSSR count). The third-order valence-corrected chi connectivity index (χ3v) is 7.71. The van der Waals surface area contributed by atoms with E-state index in [1.807, 2.05) is 0 Å². The molecule has 0 radical (unpaired) electrons. The van der Waals surface area contributed by atoms with Crippen molar-refractivity contribution in [1.29, 1.82) is 0 Å². The van der Waals surface area contributed by atoms with Crippen molar-refractivity contribution in [1.82, 2.24) is 4.90 Å². The van der Waals surface area contributed by atoms with Crippen LogP contribution in [0.25, 0.3) is 0 Å². The fourth-order valence-corrected chi connectivity index (χ4v) is 6.21. The van der Waals surface area contributed by atoms with Crippen molar-refractivity contribution in [2.24, 2.45) is 0 Å². The Morgan fingerprint density at radius 1 is 0.870 bits per heavy atom. The standard InChI is InChI=1S/C20H27NOSi/c1-23(2,22-17-21-15-9-10-16-21)20(18-11-5-3-6-12-18)19-13-7-4-8-14-19/h3-8,11-14,20H,9-10,15-17H2,1-2H3. The molecule has 3 heteroatoms. The first kappa shape index (κ1) is 16.4. The van der Waals surface area contributed by atoms with Crippen molar-refractivity contribution in [3.05, 3.63) is 71.8 Å². The highest BCUT2D eigenvalue weighted by Gasteiger charge is 2.36. The van der Waals surface area contributed by atoms with Crippen LogP contribution in [-0.2, 0) is 4.43 Å². The zero-order valence-electron chi connectivity index (χ0n) is 14.2. The van der Waals surface area contributed by atoms with Crippen LogP contribution in [0.1, 0.15) is 29.5 Å². The highest BCUT2D eigenvalue weighted by molar-refractivity contribution is 6.73. The Morgan fingerprint density at radius 2 is 1.35 bits per heavy atom. The van der Waals surface area contributed by atoms with Gasteiger partial charge in [-0.05, 0) is 37.1 Å². The van der Waals surface area contributed by atoms with E-state index in [0.717, 1.165) is 6.73 Å². The highest BCUT2D eigenvalue weighted by Crippen LogP contribution is 2.34. The molecule has 0 N–H and O–H groups in total. The second-order valence-electron chi connectivity index (χ2n) is 6.96. The molecule has 0 atom stereocenters. The molecule has 0 saturated carbocycles. The summed E-state index contributed by atoms with van der Waals surface area (Å²) in [5, 5.41) is 0. The van der Waals surface area contributed by atoms with Gasteiger partial charge in [-0.15, -0.1) is 0 Å². The van der Waals surface area contributed by atoms with E-state index in [1.54, 1.807) is 0 Å². The predicted octanol–water partition coefficient (Wildman–Crippen LogP) is 4.63. The molecule has 0 aliphatic carbocycles. The van der Waals surface area contributed by atoms with Crippen LogP contribution in [0.15, 0.2) is 60.7 Å². The van der Waals surface area contributed by atoms with Crippen molar-refractivity contribution in [3.63, 3.8) is 0 Å². The molecule has 1 heterocycles. The Morgan fingerprint density at radius 3 is 1.83 bits per heavy atom. The van der Waals surface area contributed by atoms with E-state index in [0.29, 0.717) is 5.54 Å². The summed E-state index contributed by atoms with van der Waals surface area (Å²) in [6.07, 6.45) is 2.62. The molecule has 1 saturated heterocycles. The van der Waals surface area contributed by atoms with Gasteiger partial charge in [0.1, 0.15) is 0 Å². The van der Waals surface area contributed by atoms with Gasteiger partial charge in [0.2, 0.25) is 0 Å². The summed E-state index contributed by atoms with van der Waals surface area (Å²) >= 11 is 0. The average Bonchev–Trinajstić information content (AvgIpc) is 3.09. The molecule has 0 bridgehead atoms. The van der Waals surface area contributed by atoms with E-state index >= 15 is 0 Å². The van der Waals surface area contributed by atoms with Crippen LogP contribution in [-0.4, -0.2) is 33.0 Å².